The van der Waals surface area contributed by atoms with Crippen LogP contribution in [0.2, 0.25) is 0 Å². The number of halogens is 1. The Morgan fingerprint density at radius 1 is 1.55 bits per heavy atom. The Morgan fingerprint density at radius 3 is 3.20 bits per heavy atom. The van der Waals surface area contributed by atoms with Crippen LogP contribution in [0.3, 0.4) is 0 Å². The minimum atomic E-state index is -0.732. The number of carbonyl (C=O) groups is 1. The van der Waals surface area contributed by atoms with Crippen molar-refractivity contribution in [2.45, 2.75) is 19.0 Å². The second-order valence-corrected chi connectivity index (χ2v) is 7.12. The molecule has 108 valence electrons. The summed E-state index contributed by atoms with van der Waals surface area (Å²) < 4.78 is 6.76. The van der Waals surface area contributed by atoms with E-state index in [1.165, 1.54) is 5.56 Å². The van der Waals surface area contributed by atoms with Crippen molar-refractivity contribution in [3.8, 4) is 5.75 Å². The average molecular weight is 358 g/mol. The normalized spacial score (nSPS) is 22.4. The van der Waals surface area contributed by atoms with Gasteiger partial charge in [-0.25, -0.2) is 0 Å². The second-order valence-electron chi connectivity index (χ2n) is 5.05. The van der Waals surface area contributed by atoms with Crippen molar-refractivity contribution >= 4 is 33.7 Å². The van der Waals surface area contributed by atoms with E-state index in [9.17, 15) is 9.90 Å². The molecule has 0 saturated carbocycles. The number of hydrogen-bond donors (Lipinski definition) is 1. The van der Waals surface area contributed by atoms with Gasteiger partial charge in [0, 0.05) is 41.1 Å². The van der Waals surface area contributed by atoms with E-state index in [4.69, 9.17) is 4.74 Å². The van der Waals surface area contributed by atoms with Gasteiger partial charge in [-0.3, -0.25) is 9.69 Å². The van der Waals surface area contributed by atoms with Gasteiger partial charge in [-0.1, -0.05) is 15.9 Å². The third-order valence-corrected chi connectivity index (χ3v) is 5.20. The first-order chi connectivity index (χ1) is 9.65. The predicted molar refractivity (Wildman–Crippen MR) is 82.5 cm³/mol. The molecule has 6 heteroatoms. The number of ether oxygens (including phenoxy) is 1. The smallest absolute Gasteiger partial charge is 0.321 e. The van der Waals surface area contributed by atoms with Crippen LogP contribution in [-0.4, -0.2) is 46.7 Å². The number of fused-ring (bicyclic) bond motifs is 1. The molecule has 3 rings (SSSR count). The maximum atomic E-state index is 11.4. The van der Waals surface area contributed by atoms with Gasteiger partial charge in [-0.05, 0) is 17.7 Å². The molecule has 1 N–H and O–H groups in total. The highest BCUT2D eigenvalue weighted by Crippen LogP contribution is 2.34. The van der Waals surface area contributed by atoms with Crippen LogP contribution in [0, 0.1) is 0 Å². The third-order valence-electron chi connectivity index (χ3n) is 3.72. The van der Waals surface area contributed by atoms with Crippen LogP contribution >= 0.6 is 27.7 Å². The topological polar surface area (TPSA) is 49.8 Å². The Hall–Kier alpha value is -0.720. The third kappa shape index (κ3) is 2.82. The van der Waals surface area contributed by atoms with E-state index < -0.39 is 12.0 Å². The van der Waals surface area contributed by atoms with Gasteiger partial charge >= 0.3 is 5.97 Å². The molecule has 0 spiro atoms. The largest absolute Gasteiger partial charge is 0.493 e. The summed E-state index contributed by atoms with van der Waals surface area (Å²) in [6.07, 6.45) is 0.931. The number of carboxylic acid groups (broad SMARTS) is 1. The Kier molecular flexibility index (Phi) is 4.23. The minimum absolute atomic E-state index is 0.398. The molecule has 0 amide bonds. The highest BCUT2D eigenvalue weighted by atomic mass is 79.9. The summed E-state index contributed by atoms with van der Waals surface area (Å²) in [5.74, 6) is 1.87. The zero-order valence-corrected chi connectivity index (χ0v) is 13.4. The van der Waals surface area contributed by atoms with Crippen molar-refractivity contribution < 1.29 is 14.6 Å². The highest BCUT2D eigenvalue weighted by Gasteiger charge is 2.30. The molecule has 1 aromatic rings. The van der Waals surface area contributed by atoms with Gasteiger partial charge in [0.25, 0.3) is 0 Å². The van der Waals surface area contributed by atoms with E-state index in [0.29, 0.717) is 12.3 Å². The lowest BCUT2D eigenvalue weighted by molar-refractivity contribution is -0.142. The van der Waals surface area contributed by atoms with Gasteiger partial charge in [0.2, 0.25) is 0 Å². The minimum Gasteiger partial charge on any atom is -0.493 e. The molecule has 0 aliphatic carbocycles. The van der Waals surface area contributed by atoms with Crippen molar-refractivity contribution in [2.75, 3.05) is 24.7 Å². The molecule has 1 aromatic carbocycles. The summed E-state index contributed by atoms with van der Waals surface area (Å²) in [5, 5.41) is 9.34. The van der Waals surface area contributed by atoms with Gasteiger partial charge in [0.05, 0.1) is 6.61 Å². The number of aliphatic carboxylic acids is 1. The van der Waals surface area contributed by atoms with E-state index in [1.54, 1.807) is 11.8 Å². The van der Waals surface area contributed by atoms with Crippen molar-refractivity contribution in [3.63, 3.8) is 0 Å². The first-order valence-corrected chi connectivity index (χ1v) is 8.58. The number of hydrogen-bond acceptors (Lipinski definition) is 4. The van der Waals surface area contributed by atoms with E-state index in [2.05, 4.69) is 22.0 Å². The quantitative estimate of drug-likeness (QED) is 0.899. The zero-order valence-electron chi connectivity index (χ0n) is 11.0. The Balaban J connectivity index is 1.85. The fraction of sp³-hybridized carbons (Fsp3) is 0.500. The molecular formula is C14H16BrNO3S. The lowest BCUT2D eigenvalue weighted by Crippen LogP contribution is -2.46. The van der Waals surface area contributed by atoms with Gasteiger partial charge in [0.15, 0.2) is 0 Å². The molecule has 0 aromatic heterocycles. The first-order valence-electron chi connectivity index (χ1n) is 6.64. The molecule has 0 radical (unpaired) electrons. The van der Waals surface area contributed by atoms with Crippen LogP contribution in [0.4, 0.5) is 0 Å². The van der Waals surface area contributed by atoms with E-state index >= 15 is 0 Å². The highest BCUT2D eigenvalue weighted by molar-refractivity contribution is 9.10. The number of rotatable bonds is 3. The summed E-state index contributed by atoms with van der Waals surface area (Å²) in [6, 6.07) is 3.74. The molecule has 4 nitrogen and oxygen atoms in total. The molecule has 2 aliphatic rings. The number of benzene rings is 1. The maximum absolute atomic E-state index is 11.4. The summed E-state index contributed by atoms with van der Waals surface area (Å²) in [5.41, 5.74) is 2.30. The van der Waals surface area contributed by atoms with Gasteiger partial charge in [-0.2, -0.15) is 11.8 Å². The van der Waals surface area contributed by atoms with Crippen molar-refractivity contribution in [1.29, 1.82) is 0 Å². The second kappa shape index (κ2) is 5.95. The van der Waals surface area contributed by atoms with Crippen molar-refractivity contribution in [1.82, 2.24) is 4.90 Å². The Labute approximate surface area is 130 Å². The van der Waals surface area contributed by atoms with Crippen LogP contribution in [0.25, 0.3) is 0 Å². The van der Waals surface area contributed by atoms with Crippen molar-refractivity contribution in [2.24, 2.45) is 0 Å². The summed E-state index contributed by atoms with van der Waals surface area (Å²) in [7, 11) is 0. The van der Waals surface area contributed by atoms with Crippen LogP contribution in [0.15, 0.2) is 16.6 Å². The molecule has 2 heterocycles. The van der Waals surface area contributed by atoms with Crippen LogP contribution in [-0.2, 0) is 17.8 Å². The van der Waals surface area contributed by atoms with Crippen molar-refractivity contribution in [3.05, 3.63) is 27.7 Å². The SMILES string of the molecule is O=C(O)C1CSCCN1Cc1cc(Br)cc2c1OCC2. The zero-order chi connectivity index (χ0) is 14.1. The molecule has 20 heavy (non-hydrogen) atoms. The fourth-order valence-corrected chi connectivity index (χ4v) is 4.40. The van der Waals surface area contributed by atoms with Crippen LogP contribution < -0.4 is 4.74 Å². The maximum Gasteiger partial charge on any atom is 0.321 e. The molecule has 2 aliphatic heterocycles. The fourth-order valence-electron chi connectivity index (χ4n) is 2.74. The van der Waals surface area contributed by atoms with E-state index in [0.717, 1.165) is 41.1 Å². The van der Waals surface area contributed by atoms with E-state index in [-0.39, 0.29) is 0 Å². The summed E-state index contributed by atoms with van der Waals surface area (Å²) in [6.45, 7) is 2.17. The standard InChI is InChI=1S/C14H16BrNO3S/c15-11-5-9-1-3-19-13(9)10(6-11)7-16-2-4-20-8-12(16)14(17)18/h5-6,12H,1-4,7-8H2,(H,17,18). The number of thioether (sulfide) groups is 1. The predicted octanol–water partition coefficient (Wildman–Crippen LogP) is 2.39. The first kappa shape index (κ1) is 14.2. The summed E-state index contributed by atoms with van der Waals surface area (Å²) >= 11 is 5.24. The molecule has 1 atom stereocenters. The molecule has 0 bridgehead atoms. The molecule has 1 saturated heterocycles. The van der Waals surface area contributed by atoms with Gasteiger partial charge in [-0.15, -0.1) is 0 Å². The van der Waals surface area contributed by atoms with Crippen LogP contribution in [0.1, 0.15) is 11.1 Å². The molecule has 1 unspecified atom stereocenters. The number of nitrogens with zero attached hydrogens (tertiary/aromatic N) is 1. The number of carboxylic acids is 1. The van der Waals surface area contributed by atoms with Crippen LogP contribution in [0.5, 0.6) is 5.75 Å². The molecular weight excluding hydrogens is 342 g/mol. The lowest BCUT2D eigenvalue weighted by atomic mass is 10.1. The lowest BCUT2D eigenvalue weighted by Gasteiger charge is -2.32. The van der Waals surface area contributed by atoms with Gasteiger partial charge in [0.1, 0.15) is 11.8 Å². The summed E-state index contributed by atoms with van der Waals surface area (Å²) in [4.78, 5) is 13.4. The molecule has 1 fully saturated rings. The van der Waals surface area contributed by atoms with Gasteiger partial charge < -0.3 is 9.84 Å². The Bertz CT molecular complexity index is 537. The average Bonchev–Trinajstić information content (AvgIpc) is 2.87. The Morgan fingerprint density at radius 2 is 2.40 bits per heavy atom. The van der Waals surface area contributed by atoms with E-state index in [1.807, 2.05) is 11.0 Å². The monoisotopic (exact) mass is 357 g/mol.